The highest BCUT2D eigenvalue weighted by molar-refractivity contribution is 5.40. The molecule has 2 fully saturated rings. The lowest BCUT2D eigenvalue weighted by atomic mass is 10.2. The molecule has 6 nitrogen and oxygen atoms in total. The summed E-state index contributed by atoms with van der Waals surface area (Å²) in [6.07, 6.45) is 9.29. The van der Waals surface area contributed by atoms with Crippen LogP contribution in [0.2, 0.25) is 0 Å². The zero-order valence-electron chi connectivity index (χ0n) is 16.6. The van der Waals surface area contributed by atoms with Crippen LogP contribution >= 0.6 is 0 Å². The Morgan fingerprint density at radius 3 is 2.41 bits per heavy atom. The molecule has 0 radical (unpaired) electrons. The Morgan fingerprint density at radius 1 is 1.00 bits per heavy atom. The Bertz CT molecular complexity index is 624. The largest absolute Gasteiger partial charge is 0.355 e. The van der Waals surface area contributed by atoms with E-state index >= 15 is 0 Å². The van der Waals surface area contributed by atoms with Crippen LogP contribution < -0.4 is 0 Å². The van der Waals surface area contributed by atoms with E-state index in [0.29, 0.717) is 6.04 Å². The van der Waals surface area contributed by atoms with Crippen molar-refractivity contribution in [1.29, 1.82) is 10.5 Å². The molecule has 0 aromatic carbocycles. The van der Waals surface area contributed by atoms with Gasteiger partial charge in [0, 0.05) is 58.4 Å². The Hall–Kier alpha value is -2.02. The van der Waals surface area contributed by atoms with E-state index < -0.39 is 0 Å². The van der Waals surface area contributed by atoms with E-state index in [1.807, 2.05) is 0 Å². The third-order valence-corrected chi connectivity index (χ3v) is 6.08. The molecule has 0 spiro atoms. The van der Waals surface area contributed by atoms with Crippen LogP contribution in [-0.2, 0) is 0 Å². The topological polar surface area (TPSA) is 60.5 Å². The first-order chi connectivity index (χ1) is 13.2. The van der Waals surface area contributed by atoms with Crippen LogP contribution in [0.15, 0.2) is 23.5 Å². The number of nitriles is 2. The summed E-state index contributed by atoms with van der Waals surface area (Å²) in [6, 6.07) is 4.96. The van der Waals surface area contributed by atoms with Crippen molar-refractivity contribution in [3.8, 4) is 12.1 Å². The van der Waals surface area contributed by atoms with Gasteiger partial charge in [-0.15, -0.1) is 0 Å². The fraction of sp³-hybridized carbons (Fsp3) is 0.714. The van der Waals surface area contributed by atoms with E-state index in [-0.39, 0.29) is 5.57 Å². The molecule has 3 aliphatic heterocycles. The minimum absolute atomic E-state index is 0.264. The van der Waals surface area contributed by atoms with Crippen LogP contribution in [0.3, 0.4) is 0 Å². The third-order valence-electron chi connectivity index (χ3n) is 6.08. The number of hydrogen-bond donors (Lipinski definition) is 0. The minimum Gasteiger partial charge on any atom is -0.355 e. The van der Waals surface area contributed by atoms with Gasteiger partial charge in [-0.2, -0.15) is 10.5 Å². The second-order valence-electron chi connectivity index (χ2n) is 7.84. The summed E-state index contributed by atoms with van der Waals surface area (Å²) >= 11 is 0. The highest BCUT2D eigenvalue weighted by Crippen LogP contribution is 2.23. The first-order valence-electron chi connectivity index (χ1n) is 10.4. The maximum Gasteiger partial charge on any atom is 0.169 e. The molecule has 0 aromatic heterocycles. The molecular weight excluding hydrogens is 336 g/mol. The fourth-order valence-corrected chi connectivity index (χ4v) is 4.47. The second-order valence-corrected chi connectivity index (χ2v) is 7.84. The number of likely N-dealkylation sites (tertiary alicyclic amines) is 1. The average molecular weight is 369 g/mol. The van der Waals surface area contributed by atoms with Gasteiger partial charge >= 0.3 is 0 Å². The Balaban J connectivity index is 1.57. The quantitative estimate of drug-likeness (QED) is 0.506. The van der Waals surface area contributed by atoms with E-state index in [0.717, 1.165) is 71.0 Å². The van der Waals surface area contributed by atoms with Gasteiger partial charge in [-0.3, -0.25) is 4.90 Å². The number of nitrogens with zero attached hydrogens (tertiary/aromatic N) is 6. The lowest BCUT2D eigenvalue weighted by Crippen LogP contribution is -2.36. The molecule has 2 saturated heterocycles. The lowest BCUT2D eigenvalue weighted by molar-refractivity contribution is 0.235. The lowest BCUT2D eigenvalue weighted by Gasteiger charge is -2.29. The van der Waals surface area contributed by atoms with Crippen LogP contribution in [0.5, 0.6) is 0 Å². The van der Waals surface area contributed by atoms with Gasteiger partial charge < -0.3 is 14.7 Å². The van der Waals surface area contributed by atoms with Gasteiger partial charge in [0.2, 0.25) is 0 Å². The molecule has 3 rings (SSSR count). The van der Waals surface area contributed by atoms with Crippen molar-refractivity contribution in [3.63, 3.8) is 0 Å². The second kappa shape index (κ2) is 9.78. The monoisotopic (exact) mass is 368 g/mol. The zero-order valence-corrected chi connectivity index (χ0v) is 16.6. The predicted molar refractivity (Wildman–Crippen MR) is 106 cm³/mol. The Morgan fingerprint density at radius 2 is 1.78 bits per heavy atom. The van der Waals surface area contributed by atoms with Crippen LogP contribution in [0, 0.1) is 22.7 Å². The van der Waals surface area contributed by atoms with Crippen molar-refractivity contribution in [1.82, 2.24) is 19.6 Å². The van der Waals surface area contributed by atoms with Crippen LogP contribution in [0.4, 0.5) is 0 Å². The van der Waals surface area contributed by atoms with Crippen LogP contribution in [-0.4, -0.2) is 84.5 Å². The van der Waals surface area contributed by atoms with Gasteiger partial charge in [0.1, 0.15) is 18.0 Å². The highest BCUT2D eigenvalue weighted by Gasteiger charge is 2.29. The molecule has 0 saturated carbocycles. The molecule has 6 heteroatoms. The van der Waals surface area contributed by atoms with Crippen LogP contribution in [0.1, 0.15) is 32.6 Å². The van der Waals surface area contributed by atoms with Crippen LogP contribution in [0.25, 0.3) is 0 Å². The maximum atomic E-state index is 9.46. The molecule has 146 valence electrons. The normalized spacial score (nSPS) is 23.7. The van der Waals surface area contributed by atoms with E-state index in [1.54, 1.807) is 0 Å². The maximum absolute atomic E-state index is 9.46. The summed E-state index contributed by atoms with van der Waals surface area (Å²) in [6.45, 7) is 11.4. The average Bonchev–Trinajstić information content (AvgIpc) is 3.29. The molecule has 0 aromatic rings. The van der Waals surface area contributed by atoms with Crippen molar-refractivity contribution in [2.75, 3.05) is 58.9 Å². The summed E-state index contributed by atoms with van der Waals surface area (Å²) in [4.78, 5) is 9.52. The van der Waals surface area contributed by atoms with Gasteiger partial charge in [0.25, 0.3) is 0 Å². The highest BCUT2D eigenvalue weighted by atomic mass is 15.4. The molecule has 0 amide bonds. The van der Waals surface area contributed by atoms with E-state index in [9.17, 15) is 10.5 Å². The molecule has 0 N–H and O–H groups in total. The van der Waals surface area contributed by atoms with Crippen molar-refractivity contribution in [2.45, 2.75) is 38.6 Å². The van der Waals surface area contributed by atoms with Crippen molar-refractivity contribution in [3.05, 3.63) is 23.5 Å². The minimum atomic E-state index is 0.264. The molecule has 3 aliphatic rings. The van der Waals surface area contributed by atoms with Crippen molar-refractivity contribution in [2.24, 2.45) is 0 Å². The predicted octanol–water partition coefficient (Wildman–Crippen LogP) is 2.00. The number of allylic oxidation sites excluding steroid dienone is 1. The smallest absolute Gasteiger partial charge is 0.169 e. The molecule has 1 unspecified atom stereocenters. The van der Waals surface area contributed by atoms with E-state index in [1.165, 1.54) is 19.4 Å². The summed E-state index contributed by atoms with van der Waals surface area (Å²) in [5.74, 6) is 0.863. The fourth-order valence-electron chi connectivity index (χ4n) is 4.47. The molecule has 3 heterocycles. The van der Waals surface area contributed by atoms with Gasteiger partial charge in [-0.05, 0) is 39.2 Å². The Labute approximate surface area is 163 Å². The number of rotatable bonds is 7. The molecule has 0 bridgehead atoms. The Kier molecular flexibility index (Phi) is 7.15. The summed E-state index contributed by atoms with van der Waals surface area (Å²) in [7, 11) is 0. The SMILES string of the molecule is CC1CCCN1CCCN1CCN(CCN2CC=CCC2)C1=C(C#N)C#N. The molecule has 0 aliphatic carbocycles. The third kappa shape index (κ3) is 5.03. The van der Waals surface area contributed by atoms with Crippen molar-refractivity contribution >= 4 is 0 Å². The van der Waals surface area contributed by atoms with Crippen molar-refractivity contribution < 1.29 is 0 Å². The molecule has 27 heavy (non-hydrogen) atoms. The van der Waals surface area contributed by atoms with Gasteiger partial charge in [0.15, 0.2) is 5.57 Å². The van der Waals surface area contributed by atoms with E-state index in [4.69, 9.17) is 0 Å². The first-order valence-corrected chi connectivity index (χ1v) is 10.4. The van der Waals surface area contributed by atoms with Gasteiger partial charge in [-0.1, -0.05) is 12.2 Å². The summed E-state index contributed by atoms with van der Waals surface area (Å²) < 4.78 is 0. The van der Waals surface area contributed by atoms with Gasteiger partial charge in [0.05, 0.1) is 0 Å². The molecule has 1 atom stereocenters. The molecular formula is C21H32N6. The zero-order chi connectivity index (χ0) is 19.1. The van der Waals surface area contributed by atoms with E-state index in [2.05, 4.69) is 50.8 Å². The summed E-state index contributed by atoms with van der Waals surface area (Å²) in [5.41, 5.74) is 0.264. The standard InChI is InChI=1S/C21H32N6/c1-19-7-5-10-25(19)11-6-12-26-15-16-27(21(26)20(17-22)18-23)14-13-24-8-3-2-4-9-24/h2-3,19H,4-16H2,1H3. The number of hydrogen-bond acceptors (Lipinski definition) is 6. The first kappa shape index (κ1) is 19.7. The summed E-state index contributed by atoms with van der Waals surface area (Å²) in [5, 5.41) is 18.9. The van der Waals surface area contributed by atoms with Gasteiger partial charge in [-0.25, -0.2) is 0 Å².